The van der Waals surface area contributed by atoms with E-state index in [9.17, 15) is 10.4 Å². The summed E-state index contributed by atoms with van der Waals surface area (Å²) in [6, 6.07) is 5.45. The van der Waals surface area contributed by atoms with Crippen LogP contribution < -0.4 is 9.47 Å². The fourth-order valence-electron chi connectivity index (χ4n) is 2.47. The summed E-state index contributed by atoms with van der Waals surface area (Å²) >= 11 is 0. The van der Waals surface area contributed by atoms with Gasteiger partial charge in [-0.05, 0) is 13.0 Å². The van der Waals surface area contributed by atoms with Gasteiger partial charge in [0.15, 0.2) is 11.5 Å². The Morgan fingerprint density at radius 3 is 2.80 bits per heavy atom. The predicted molar refractivity (Wildman–Crippen MR) is 96.4 cm³/mol. The topological polar surface area (TPSA) is 81.3 Å². The van der Waals surface area contributed by atoms with Crippen molar-refractivity contribution < 1.29 is 14.6 Å². The van der Waals surface area contributed by atoms with Gasteiger partial charge in [0.25, 0.3) is 0 Å². The van der Waals surface area contributed by atoms with Crippen LogP contribution >= 0.6 is 0 Å². The first-order chi connectivity index (χ1) is 12.0. The van der Waals surface area contributed by atoms with Crippen LogP contribution in [0.15, 0.2) is 29.3 Å². The molecule has 2 rings (SSSR count). The molecule has 0 saturated heterocycles. The number of aliphatic hydroxyl groups is 1. The highest BCUT2D eigenvalue weighted by Crippen LogP contribution is 2.35. The van der Waals surface area contributed by atoms with E-state index in [0.717, 1.165) is 0 Å². The molecule has 0 spiro atoms. The zero-order valence-electron chi connectivity index (χ0n) is 15.0. The molecule has 0 fully saturated rings. The Morgan fingerprint density at radius 1 is 1.48 bits per heavy atom. The van der Waals surface area contributed by atoms with E-state index in [4.69, 9.17) is 9.47 Å². The number of methoxy groups -OCH3 is 1. The van der Waals surface area contributed by atoms with Crippen molar-refractivity contribution in [3.8, 4) is 17.6 Å². The zero-order chi connectivity index (χ0) is 18.4. The Kier molecular flexibility index (Phi) is 6.39. The van der Waals surface area contributed by atoms with Crippen molar-refractivity contribution in [2.45, 2.75) is 19.2 Å². The van der Waals surface area contributed by atoms with E-state index >= 15 is 0 Å². The Hall–Kier alpha value is -2.56. The highest BCUT2D eigenvalue weighted by molar-refractivity contribution is 5.68. The van der Waals surface area contributed by atoms with Crippen LogP contribution in [0.2, 0.25) is 0 Å². The molecule has 134 valence electrons. The third kappa shape index (κ3) is 4.72. The second kappa shape index (κ2) is 8.51. The molecule has 2 atom stereocenters. The lowest BCUT2D eigenvalue weighted by Crippen LogP contribution is -2.41. The predicted octanol–water partition coefficient (Wildman–Crippen LogP) is 1.75. The third-order valence-corrected chi connectivity index (χ3v) is 3.84. The minimum absolute atomic E-state index is 0.0130. The molecular formula is C18H24N4O3. The number of aliphatic imine (C=N–C) groups is 1. The highest BCUT2D eigenvalue weighted by Gasteiger charge is 2.23. The molecule has 25 heavy (non-hydrogen) atoms. The number of aliphatic hydroxyl groups excluding tert-OH is 1. The molecule has 0 bridgehead atoms. The van der Waals surface area contributed by atoms with E-state index in [2.05, 4.69) is 11.1 Å². The normalized spacial score (nSPS) is 18.3. The number of nitriles is 1. The molecule has 7 nitrogen and oxygen atoms in total. The van der Waals surface area contributed by atoms with E-state index in [1.165, 1.54) is 7.11 Å². The van der Waals surface area contributed by atoms with E-state index < -0.39 is 6.23 Å². The van der Waals surface area contributed by atoms with E-state index in [-0.39, 0.29) is 6.04 Å². The lowest BCUT2D eigenvalue weighted by Gasteiger charge is -2.27. The summed E-state index contributed by atoms with van der Waals surface area (Å²) < 4.78 is 11.2. The maximum Gasteiger partial charge on any atom is 0.163 e. The van der Waals surface area contributed by atoms with Gasteiger partial charge in [-0.3, -0.25) is 4.90 Å². The van der Waals surface area contributed by atoms with Crippen molar-refractivity contribution in [2.24, 2.45) is 4.99 Å². The average Bonchev–Trinajstić information content (AvgIpc) is 3.03. The van der Waals surface area contributed by atoms with Gasteiger partial charge in [0.2, 0.25) is 0 Å². The summed E-state index contributed by atoms with van der Waals surface area (Å²) in [7, 11) is 5.24. The Labute approximate surface area is 148 Å². The fraction of sp³-hybridized carbons (Fsp3) is 0.444. The molecule has 7 heteroatoms. The fourth-order valence-corrected chi connectivity index (χ4v) is 2.47. The SMILES string of the molecule is COc1cc(C#N)c(/N=C\N(C)C)cc1OC[C@H](C)N1CC=CC1O. The second-order valence-electron chi connectivity index (χ2n) is 6.04. The summed E-state index contributed by atoms with van der Waals surface area (Å²) in [6.07, 6.45) is 4.73. The molecule has 1 aliphatic heterocycles. The number of hydrogen-bond acceptors (Lipinski definition) is 6. The van der Waals surface area contributed by atoms with Crippen LogP contribution in [-0.2, 0) is 0 Å². The molecule has 1 unspecified atom stereocenters. The molecule has 0 radical (unpaired) electrons. The summed E-state index contributed by atoms with van der Waals surface area (Å²) in [6.45, 7) is 3.05. The molecule has 0 amide bonds. The number of benzene rings is 1. The smallest absolute Gasteiger partial charge is 0.163 e. The van der Waals surface area contributed by atoms with Crippen molar-refractivity contribution in [2.75, 3.05) is 34.4 Å². The van der Waals surface area contributed by atoms with E-state index in [1.54, 1.807) is 29.4 Å². The second-order valence-corrected chi connectivity index (χ2v) is 6.04. The van der Waals surface area contributed by atoms with Gasteiger partial charge in [-0.25, -0.2) is 4.99 Å². The Morgan fingerprint density at radius 2 is 2.24 bits per heavy atom. The van der Waals surface area contributed by atoms with Crippen molar-refractivity contribution in [1.82, 2.24) is 9.80 Å². The van der Waals surface area contributed by atoms with Crippen LogP contribution in [0.5, 0.6) is 11.5 Å². The van der Waals surface area contributed by atoms with Gasteiger partial charge in [0.05, 0.1) is 24.7 Å². The van der Waals surface area contributed by atoms with Crippen LogP contribution in [0.4, 0.5) is 5.69 Å². The number of rotatable bonds is 7. The van der Waals surface area contributed by atoms with Gasteiger partial charge in [0.1, 0.15) is 18.9 Å². The van der Waals surface area contributed by atoms with E-state index in [0.29, 0.717) is 35.9 Å². The van der Waals surface area contributed by atoms with Crippen LogP contribution in [-0.4, -0.2) is 67.9 Å². The molecule has 0 aromatic heterocycles. The first-order valence-corrected chi connectivity index (χ1v) is 8.02. The summed E-state index contributed by atoms with van der Waals surface area (Å²) in [4.78, 5) is 8.02. The number of ether oxygens (including phenoxy) is 2. The lowest BCUT2D eigenvalue weighted by molar-refractivity contribution is 0.0198. The van der Waals surface area contributed by atoms with Crippen molar-refractivity contribution in [3.05, 3.63) is 29.8 Å². The van der Waals surface area contributed by atoms with Gasteiger partial charge in [0, 0.05) is 38.8 Å². The molecule has 1 heterocycles. The number of nitrogens with zero attached hydrogens (tertiary/aromatic N) is 4. The van der Waals surface area contributed by atoms with Gasteiger partial charge in [-0.2, -0.15) is 5.26 Å². The number of hydrogen-bond donors (Lipinski definition) is 1. The summed E-state index contributed by atoms with van der Waals surface area (Å²) in [5, 5.41) is 19.2. The molecule has 0 saturated carbocycles. The molecule has 1 aliphatic rings. The zero-order valence-corrected chi connectivity index (χ0v) is 15.0. The maximum absolute atomic E-state index is 9.89. The van der Waals surface area contributed by atoms with Crippen LogP contribution in [0.1, 0.15) is 12.5 Å². The summed E-state index contributed by atoms with van der Waals surface area (Å²) in [5.41, 5.74) is 0.928. The molecule has 1 aromatic carbocycles. The molecular weight excluding hydrogens is 320 g/mol. The van der Waals surface area contributed by atoms with Crippen LogP contribution in [0, 0.1) is 11.3 Å². The lowest BCUT2D eigenvalue weighted by atomic mass is 10.1. The first-order valence-electron chi connectivity index (χ1n) is 8.02. The highest BCUT2D eigenvalue weighted by atomic mass is 16.5. The van der Waals surface area contributed by atoms with Crippen LogP contribution in [0.25, 0.3) is 0 Å². The minimum atomic E-state index is -0.582. The van der Waals surface area contributed by atoms with E-state index in [1.807, 2.05) is 32.0 Å². The Bertz CT molecular complexity index is 694. The molecule has 1 N–H and O–H groups in total. The summed E-state index contributed by atoms with van der Waals surface area (Å²) in [5.74, 6) is 0.994. The van der Waals surface area contributed by atoms with Crippen molar-refractivity contribution in [3.63, 3.8) is 0 Å². The quantitative estimate of drug-likeness (QED) is 0.461. The van der Waals surface area contributed by atoms with Crippen LogP contribution in [0.3, 0.4) is 0 Å². The van der Waals surface area contributed by atoms with Gasteiger partial charge >= 0.3 is 0 Å². The third-order valence-electron chi connectivity index (χ3n) is 3.84. The molecule has 1 aromatic rings. The largest absolute Gasteiger partial charge is 0.493 e. The van der Waals surface area contributed by atoms with Gasteiger partial charge < -0.3 is 19.5 Å². The Balaban J connectivity index is 2.18. The molecule has 0 aliphatic carbocycles. The standard InChI is InChI=1S/C18H24N4O3/c1-13(22-7-5-6-18(22)23)11-25-17-9-15(20-12-21(2)3)14(10-19)8-16(17)24-4/h5-6,8-9,12-13,18,23H,7,11H2,1-4H3/b20-12-/t13-,18?/m0/s1. The van der Waals surface area contributed by atoms with Gasteiger partial charge in [-0.1, -0.05) is 6.08 Å². The van der Waals surface area contributed by atoms with Gasteiger partial charge in [-0.15, -0.1) is 0 Å². The maximum atomic E-state index is 9.89. The minimum Gasteiger partial charge on any atom is -0.493 e. The first kappa shape index (κ1) is 18.8. The van der Waals surface area contributed by atoms with Crippen molar-refractivity contribution >= 4 is 12.0 Å². The van der Waals surface area contributed by atoms with Crippen molar-refractivity contribution in [1.29, 1.82) is 5.26 Å². The monoisotopic (exact) mass is 344 g/mol. The average molecular weight is 344 g/mol.